The largest absolute Gasteiger partial charge is 0.507 e. The molecular formula is C14H11N3O5. The van der Waals surface area contributed by atoms with Crippen LogP contribution in [0.4, 0.5) is 5.69 Å². The molecule has 112 valence electrons. The quantitative estimate of drug-likeness (QED) is 0.726. The van der Waals surface area contributed by atoms with Gasteiger partial charge in [-0.15, -0.1) is 0 Å². The minimum absolute atomic E-state index is 0.115. The van der Waals surface area contributed by atoms with Crippen molar-refractivity contribution in [3.05, 3.63) is 47.5 Å². The Morgan fingerprint density at radius 2 is 1.73 bits per heavy atom. The molecule has 0 spiro atoms. The number of carboxylic acid groups (broad SMARTS) is 1. The summed E-state index contributed by atoms with van der Waals surface area (Å²) in [5.74, 6) is -2.78. The number of amides is 1. The lowest BCUT2D eigenvalue weighted by atomic mass is 10.1. The lowest BCUT2D eigenvalue weighted by Gasteiger charge is -2.08. The van der Waals surface area contributed by atoms with E-state index in [0.717, 1.165) is 6.20 Å². The van der Waals surface area contributed by atoms with E-state index < -0.39 is 17.6 Å². The van der Waals surface area contributed by atoms with Crippen molar-refractivity contribution in [2.24, 2.45) is 0 Å². The van der Waals surface area contributed by atoms with Gasteiger partial charge in [-0.25, -0.2) is 14.8 Å². The maximum absolute atomic E-state index is 12.0. The predicted octanol–water partition coefficient (Wildman–Crippen LogP) is 1.34. The van der Waals surface area contributed by atoms with Gasteiger partial charge in [-0.1, -0.05) is 0 Å². The SMILES string of the molecule is CC(=O)c1ccc(NC(=O)c2nccnc2C(=O)O)cc1O. The van der Waals surface area contributed by atoms with Crippen molar-refractivity contribution >= 4 is 23.3 Å². The third-order valence-electron chi connectivity index (χ3n) is 2.75. The molecule has 22 heavy (non-hydrogen) atoms. The van der Waals surface area contributed by atoms with E-state index >= 15 is 0 Å². The first-order chi connectivity index (χ1) is 10.4. The van der Waals surface area contributed by atoms with Crippen LogP contribution in [-0.2, 0) is 0 Å². The van der Waals surface area contributed by atoms with Gasteiger partial charge < -0.3 is 15.5 Å². The van der Waals surface area contributed by atoms with Crippen molar-refractivity contribution in [3.63, 3.8) is 0 Å². The van der Waals surface area contributed by atoms with Crippen LogP contribution in [0.2, 0.25) is 0 Å². The molecule has 1 amide bonds. The van der Waals surface area contributed by atoms with Crippen molar-refractivity contribution in [1.82, 2.24) is 9.97 Å². The van der Waals surface area contributed by atoms with E-state index in [2.05, 4.69) is 15.3 Å². The Morgan fingerprint density at radius 3 is 2.27 bits per heavy atom. The highest BCUT2D eigenvalue weighted by Crippen LogP contribution is 2.22. The average molecular weight is 301 g/mol. The number of benzene rings is 1. The Balaban J connectivity index is 2.28. The molecule has 0 aliphatic heterocycles. The number of nitrogens with zero attached hydrogens (tertiary/aromatic N) is 2. The number of nitrogens with one attached hydrogen (secondary N) is 1. The number of hydrogen-bond acceptors (Lipinski definition) is 6. The number of carboxylic acids is 1. The summed E-state index contributed by atoms with van der Waals surface area (Å²) in [6.45, 7) is 1.30. The lowest BCUT2D eigenvalue weighted by Crippen LogP contribution is -2.19. The monoisotopic (exact) mass is 301 g/mol. The first kappa shape index (κ1) is 15.1. The molecule has 1 aromatic carbocycles. The minimum Gasteiger partial charge on any atom is -0.507 e. The van der Waals surface area contributed by atoms with Crippen molar-refractivity contribution in [3.8, 4) is 5.75 Å². The van der Waals surface area contributed by atoms with Crippen LogP contribution in [0.5, 0.6) is 5.75 Å². The van der Waals surface area contributed by atoms with Gasteiger partial charge in [-0.3, -0.25) is 9.59 Å². The van der Waals surface area contributed by atoms with Gasteiger partial charge >= 0.3 is 5.97 Å². The van der Waals surface area contributed by atoms with E-state index in [1.165, 1.54) is 31.3 Å². The molecule has 0 atom stereocenters. The van der Waals surface area contributed by atoms with Crippen LogP contribution < -0.4 is 5.32 Å². The summed E-state index contributed by atoms with van der Waals surface area (Å²) in [6, 6.07) is 3.94. The Bertz CT molecular complexity index is 773. The number of ketones is 1. The zero-order chi connectivity index (χ0) is 16.3. The summed E-state index contributed by atoms with van der Waals surface area (Å²) in [6.07, 6.45) is 2.35. The van der Waals surface area contributed by atoms with Gasteiger partial charge in [0, 0.05) is 24.1 Å². The van der Waals surface area contributed by atoms with Crippen LogP contribution >= 0.6 is 0 Å². The van der Waals surface area contributed by atoms with Crippen LogP contribution in [-0.4, -0.2) is 37.8 Å². The van der Waals surface area contributed by atoms with Crippen LogP contribution in [0, 0.1) is 0 Å². The number of aromatic nitrogens is 2. The zero-order valence-electron chi connectivity index (χ0n) is 11.4. The van der Waals surface area contributed by atoms with Crippen molar-refractivity contribution in [2.75, 3.05) is 5.32 Å². The Labute approximate surface area is 124 Å². The molecule has 3 N–H and O–H groups in total. The number of Topliss-reactive ketones (excluding diaryl/α,β-unsaturated/α-hetero) is 1. The normalized spacial score (nSPS) is 10.0. The van der Waals surface area contributed by atoms with Gasteiger partial charge in [0.15, 0.2) is 17.2 Å². The van der Waals surface area contributed by atoms with Crippen LogP contribution in [0.25, 0.3) is 0 Å². The molecule has 1 aromatic heterocycles. The number of aromatic carboxylic acids is 1. The molecule has 0 radical (unpaired) electrons. The average Bonchev–Trinajstić information content (AvgIpc) is 2.46. The molecule has 1 heterocycles. The molecular weight excluding hydrogens is 290 g/mol. The van der Waals surface area contributed by atoms with Crippen LogP contribution in [0.15, 0.2) is 30.6 Å². The van der Waals surface area contributed by atoms with E-state index in [4.69, 9.17) is 5.11 Å². The Morgan fingerprint density at radius 1 is 1.09 bits per heavy atom. The van der Waals surface area contributed by atoms with E-state index in [1.54, 1.807) is 0 Å². The molecule has 2 aromatic rings. The van der Waals surface area contributed by atoms with E-state index in [9.17, 15) is 19.5 Å². The highest BCUT2D eigenvalue weighted by atomic mass is 16.4. The third-order valence-corrected chi connectivity index (χ3v) is 2.75. The number of hydrogen-bond donors (Lipinski definition) is 3. The molecule has 8 nitrogen and oxygen atoms in total. The predicted molar refractivity (Wildman–Crippen MR) is 75.1 cm³/mol. The molecule has 0 unspecified atom stereocenters. The molecule has 2 rings (SSSR count). The van der Waals surface area contributed by atoms with Crippen molar-refractivity contribution in [1.29, 1.82) is 0 Å². The fourth-order valence-corrected chi connectivity index (χ4v) is 1.76. The number of carbonyl (C=O) groups is 3. The van der Waals surface area contributed by atoms with Gasteiger partial charge in [0.2, 0.25) is 0 Å². The smallest absolute Gasteiger partial charge is 0.356 e. The summed E-state index contributed by atoms with van der Waals surface area (Å²) < 4.78 is 0. The lowest BCUT2D eigenvalue weighted by molar-refractivity contribution is 0.0684. The molecule has 0 fully saturated rings. The summed E-state index contributed by atoms with van der Waals surface area (Å²) in [5.41, 5.74) is -0.534. The minimum atomic E-state index is -1.38. The van der Waals surface area contributed by atoms with E-state index in [1.807, 2.05) is 0 Å². The topological polar surface area (TPSA) is 129 Å². The zero-order valence-corrected chi connectivity index (χ0v) is 11.4. The molecule has 0 saturated carbocycles. The fraction of sp³-hybridized carbons (Fsp3) is 0.0714. The van der Waals surface area contributed by atoms with Crippen LogP contribution in [0.3, 0.4) is 0 Å². The molecule has 0 bridgehead atoms. The number of phenolic OH excluding ortho intramolecular Hbond substituents is 1. The van der Waals surface area contributed by atoms with Crippen molar-refractivity contribution < 1.29 is 24.6 Å². The number of phenols is 1. The summed E-state index contributed by atoms with van der Waals surface area (Å²) >= 11 is 0. The highest BCUT2D eigenvalue weighted by molar-refractivity contribution is 6.08. The summed E-state index contributed by atoms with van der Waals surface area (Å²) in [7, 11) is 0. The van der Waals surface area contributed by atoms with Gasteiger partial charge in [0.05, 0.1) is 5.56 Å². The second-order valence-electron chi connectivity index (χ2n) is 4.30. The molecule has 0 saturated heterocycles. The first-order valence-electron chi connectivity index (χ1n) is 6.09. The molecule has 0 aliphatic rings. The maximum Gasteiger partial charge on any atom is 0.356 e. The molecule has 8 heteroatoms. The number of carbonyl (C=O) groups excluding carboxylic acids is 2. The highest BCUT2D eigenvalue weighted by Gasteiger charge is 2.19. The number of aromatic hydroxyl groups is 1. The van der Waals surface area contributed by atoms with E-state index in [0.29, 0.717) is 0 Å². The van der Waals surface area contributed by atoms with E-state index in [-0.39, 0.29) is 28.5 Å². The van der Waals surface area contributed by atoms with Gasteiger partial charge in [-0.05, 0) is 19.1 Å². The maximum atomic E-state index is 12.0. The third kappa shape index (κ3) is 3.06. The standard InChI is InChI=1S/C14H11N3O5/c1-7(18)9-3-2-8(6-10(9)19)17-13(20)11-12(14(21)22)16-5-4-15-11/h2-6,19H,1H3,(H,17,20)(H,21,22). The van der Waals surface area contributed by atoms with Crippen LogP contribution in [0.1, 0.15) is 38.3 Å². The van der Waals surface area contributed by atoms with Gasteiger partial charge in [0.25, 0.3) is 5.91 Å². The first-order valence-corrected chi connectivity index (χ1v) is 6.09. The second-order valence-corrected chi connectivity index (χ2v) is 4.30. The van der Waals surface area contributed by atoms with Gasteiger partial charge in [-0.2, -0.15) is 0 Å². The van der Waals surface area contributed by atoms with Crippen molar-refractivity contribution in [2.45, 2.75) is 6.92 Å². The van der Waals surface area contributed by atoms with Gasteiger partial charge in [0.1, 0.15) is 5.75 Å². The number of anilines is 1. The second kappa shape index (κ2) is 6.00. The summed E-state index contributed by atoms with van der Waals surface area (Å²) in [4.78, 5) is 41.5. The number of rotatable bonds is 4. The Hall–Kier alpha value is -3.29. The fourth-order valence-electron chi connectivity index (χ4n) is 1.76. The summed E-state index contributed by atoms with van der Waals surface area (Å²) in [5, 5.41) is 21.0. The molecule has 0 aliphatic carbocycles. The Kier molecular flexibility index (Phi) is 4.12.